The molecule has 1 aromatic heterocycles. The Bertz CT molecular complexity index is 352. The number of aromatic nitrogens is 2. The molecule has 0 aromatic carbocycles. The maximum Gasteiger partial charge on any atom is 0.122 e. The van der Waals surface area contributed by atoms with Crippen LogP contribution in [0.4, 0.5) is 0 Å². The first-order valence-electron chi connectivity index (χ1n) is 7.07. The minimum Gasteiger partial charge on any atom is -0.337 e. The van der Waals surface area contributed by atoms with E-state index in [1.807, 2.05) is 12.4 Å². The molecule has 1 aromatic rings. The van der Waals surface area contributed by atoms with Crippen molar-refractivity contribution in [1.82, 2.24) is 19.8 Å². The van der Waals surface area contributed by atoms with Gasteiger partial charge in [0.25, 0.3) is 0 Å². The zero-order valence-corrected chi connectivity index (χ0v) is 11.9. The SMILES string of the molecule is CC(C)N(Cc1nccn1C)CC1CCCNC1. The molecule has 18 heavy (non-hydrogen) atoms. The third-order valence-electron chi connectivity index (χ3n) is 3.89. The summed E-state index contributed by atoms with van der Waals surface area (Å²) in [5, 5.41) is 3.50. The van der Waals surface area contributed by atoms with Gasteiger partial charge >= 0.3 is 0 Å². The van der Waals surface area contributed by atoms with E-state index in [0.717, 1.165) is 18.3 Å². The van der Waals surface area contributed by atoms with Gasteiger partial charge in [-0.3, -0.25) is 4.90 Å². The van der Waals surface area contributed by atoms with Gasteiger partial charge in [-0.25, -0.2) is 4.98 Å². The highest BCUT2D eigenvalue weighted by atomic mass is 15.2. The third kappa shape index (κ3) is 3.56. The lowest BCUT2D eigenvalue weighted by molar-refractivity contribution is 0.159. The fraction of sp³-hybridized carbons (Fsp3) is 0.786. The first-order chi connectivity index (χ1) is 8.66. The zero-order valence-electron chi connectivity index (χ0n) is 11.9. The molecule has 2 rings (SSSR count). The van der Waals surface area contributed by atoms with Crippen LogP contribution in [-0.2, 0) is 13.6 Å². The molecule has 1 N–H and O–H groups in total. The fourth-order valence-electron chi connectivity index (χ4n) is 2.60. The summed E-state index contributed by atoms with van der Waals surface area (Å²) in [4.78, 5) is 6.98. The van der Waals surface area contributed by atoms with E-state index in [9.17, 15) is 0 Å². The van der Waals surface area contributed by atoms with Crippen molar-refractivity contribution in [3.05, 3.63) is 18.2 Å². The molecule has 1 aliphatic rings. The standard InChI is InChI=1S/C14H26N4/c1-12(2)18(10-13-5-4-6-15-9-13)11-14-16-7-8-17(14)3/h7-8,12-13,15H,4-6,9-11H2,1-3H3. The molecule has 0 spiro atoms. The lowest BCUT2D eigenvalue weighted by Gasteiger charge is -2.32. The van der Waals surface area contributed by atoms with Crippen LogP contribution < -0.4 is 5.32 Å². The van der Waals surface area contributed by atoms with Gasteiger partial charge < -0.3 is 9.88 Å². The number of hydrogen-bond acceptors (Lipinski definition) is 3. The minimum absolute atomic E-state index is 0.573. The van der Waals surface area contributed by atoms with Crippen LogP contribution in [0.25, 0.3) is 0 Å². The molecule has 1 aliphatic heterocycles. The van der Waals surface area contributed by atoms with Gasteiger partial charge in [0, 0.05) is 32.0 Å². The molecule has 0 radical (unpaired) electrons. The molecule has 0 bridgehead atoms. The predicted molar refractivity (Wildman–Crippen MR) is 74.3 cm³/mol. The highest BCUT2D eigenvalue weighted by Crippen LogP contribution is 2.15. The van der Waals surface area contributed by atoms with Gasteiger partial charge in [-0.1, -0.05) is 0 Å². The first-order valence-corrected chi connectivity index (χ1v) is 7.07. The Morgan fingerprint density at radius 3 is 2.94 bits per heavy atom. The highest BCUT2D eigenvalue weighted by molar-refractivity contribution is 4.92. The second kappa shape index (κ2) is 6.34. The van der Waals surface area contributed by atoms with E-state index >= 15 is 0 Å². The summed E-state index contributed by atoms with van der Waals surface area (Å²) in [6, 6.07) is 0.573. The van der Waals surface area contributed by atoms with Crippen LogP contribution in [0.2, 0.25) is 0 Å². The predicted octanol–water partition coefficient (Wildman–Crippen LogP) is 1.63. The number of nitrogens with zero attached hydrogens (tertiary/aromatic N) is 3. The van der Waals surface area contributed by atoms with Crippen LogP contribution in [0.1, 0.15) is 32.5 Å². The van der Waals surface area contributed by atoms with Crippen molar-refractivity contribution in [3.63, 3.8) is 0 Å². The second-order valence-corrected chi connectivity index (χ2v) is 5.69. The highest BCUT2D eigenvalue weighted by Gasteiger charge is 2.19. The summed E-state index contributed by atoms with van der Waals surface area (Å²) in [6.45, 7) is 9.05. The van der Waals surface area contributed by atoms with Crippen LogP contribution in [0.3, 0.4) is 0 Å². The first kappa shape index (κ1) is 13.6. The Morgan fingerprint density at radius 1 is 1.56 bits per heavy atom. The van der Waals surface area contributed by atoms with E-state index < -0.39 is 0 Å². The summed E-state index contributed by atoms with van der Waals surface area (Å²) < 4.78 is 2.12. The van der Waals surface area contributed by atoms with Gasteiger partial charge in [-0.15, -0.1) is 0 Å². The number of rotatable bonds is 5. The molecule has 4 nitrogen and oxygen atoms in total. The van der Waals surface area contributed by atoms with E-state index in [2.05, 4.69) is 40.7 Å². The molecule has 102 valence electrons. The number of nitrogens with one attached hydrogen (secondary N) is 1. The van der Waals surface area contributed by atoms with Crippen molar-refractivity contribution < 1.29 is 0 Å². The van der Waals surface area contributed by atoms with Crippen molar-refractivity contribution in [2.24, 2.45) is 13.0 Å². The average molecular weight is 250 g/mol. The van der Waals surface area contributed by atoms with E-state index in [1.54, 1.807) is 0 Å². The monoisotopic (exact) mass is 250 g/mol. The Hall–Kier alpha value is -0.870. The Labute approximate surface area is 110 Å². The van der Waals surface area contributed by atoms with Crippen molar-refractivity contribution >= 4 is 0 Å². The number of aryl methyl sites for hydroxylation is 1. The lowest BCUT2D eigenvalue weighted by atomic mass is 9.98. The fourth-order valence-corrected chi connectivity index (χ4v) is 2.60. The minimum atomic E-state index is 0.573. The summed E-state index contributed by atoms with van der Waals surface area (Å²) in [6.07, 6.45) is 6.59. The number of imidazole rings is 1. The molecule has 2 heterocycles. The largest absolute Gasteiger partial charge is 0.337 e. The molecule has 4 heteroatoms. The van der Waals surface area contributed by atoms with E-state index in [0.29, 0.717) is 6.04 Å². The quantitative estimate of drug-likeness (QED) is 0.862. The summed E-state index contributed by atoms with van der Waals surface area (Å²) in [7, 11) is 2.07. The smallest absolute Gasteiger partial charge is 0.122 e. The maximum atomic E-state index is 4.44. The van der Waals surface area contributed by atoms with Gasteiger partial charge in [0.2, 0.25) is 0 Å². The van der Waals surface area contributed by atoms with Gasteiger partial charge in [0.05, 0.1) is 6.54 Å². The Morgan fingerprint density at radius 2 is 2.39 bits per heavy atom. The normalized spacial score (nSPS) is 20.8. The molecular formula is C14H26N4. The number of hydrogen-bond donors (Lipinski definition) is 1. The van der Waals surface area contributed by atoms with Crippen molar-refractivity contribution in [2.75, 3.05) is 19.6 Å². The van der Waals surface area contributed by atoms with Gasteiger partial charge in [-0.05, 0) is 45.7 Å². The van der Waals surface area contributed by atoms with Crippen LogP contribution in [-0.4, -0.2) is 40.1 Å². The van der Waals surface area contributed by atoms with E-state index in [-0.39, 0.29) is 0 Å². The zero-order chi connectivity index (χ0) is 13.0. The summed E-state index contributed by atoms with van der Waals surface area (Å²) in [5.74, 6) is 1.95. The van der Waals surface area contributed by atoms with Gasteiger partial charge in [0.15, 0.2) is 0 Å². The van der Waals surface area contributed by atoms with E-state index in [4.69, 9.17) is 0 Å². The van der Waals surface area contributed by atoms with Crippen LogP contribution in [0, 0.1) is 5.92 Å². The number of piperidine rings is 1. The molecule has 1 fully saturated rings. The van der Waals surface area contributed by atoms with Gasteiger partial charge in [0.1, 0.15) is 5.82 Å². The van der Waals surface area contributed by atoms with Crippen LogP contribution in [0.5, 0.6) is 0 Å². The van der Waals surface area contributed by atoms with E-state index in [1.165, 1.54) is 32.5 Å². The maximum absolute atomic E-state index is 4.44. The second-order valence-electron chi connectivity index (χ2n) is 5.69. The topological polar surface area (TPSA) is 33.1 Å². The van der Waals surface area contributed by atoms with Crippen molar-refractivity contribution in [3.8, 4) is 0 Å². The summed E-state index contributed by atoms with van der Waals surface area (Å²) >= 11 is 0. The average Bonchev–Trinajstić information content (AvgIpc) is 2.75. The summed E-state index contributed by atoms with van der Waals surface area (Å²) in [5.41, 5.74) is 0. The molecule has 0 amide bonds. The van der Waals surface area contributed by atoms with Crippen molar-refractivity contribution in [2.45, 2.75) is 39.3 Å². The molecule has 1 unspecified atom stereocenters. The van der Waals surface area contributed by atoms with Crippen molar-refractivity contribution in [1.29, 1.82) is 0 Å². The third-order valence-corrected chi connectivity index (χ3v) is 3.89. The molecular weight excluding hydrogens is 224 g/mol. The molecule has 1 atom stereocenters. The lowest BCUT2D eigenvalue weighted by Crippen LogP contribution is -2.41. The molecule has 0 aliphatic carbocycles. The molecule has 1 saturated heterocycles. The molecule has 0 saturated carbocycles. The Balaban J connectivity index is 1.93. The van der Waals surface area contributed by atoms with Crippen LogP contribution in [0.15, 0.2) is 12.4 Å². The Kier molecular flexibility index (Phi) is 4.78. The van der Waals surface area contributed by atoms with Gasteiger partial charge in [-0.2, -0.15) is 0 Å². The van der Waals surface area contributed by atoms with Crippen LogP contribution >= 0.6 is 0 Å².